The molecule has 1 fully saturated rings. The van der Waals surface area contributed by atoms with Crippen molar-refractivity contribution < 1.29 is 0 Å². The highest BCUT2D eigenvalue weighted by molar-refractivity contribution is 7.99. The second kappa shape index (κ2) is 4.74. The van der Waals surface area contributed by atoms with E-state index in [4.69, 9.17) is 0 Å². The lowest BCUT2D eigenvalue weighted by atomic mass is 9.93. The highest BCUT2D eigenvalue weighted by Gasteiger charge is 2.16. The molecule has 14 heavy (non-hydrogen) atoms. The van der Waals surface area contributed by atoms with Crippen molar-refractivity contribution in [2.75, 3.05) is 11.1 Å². The van der Waals surface area contributed by atoms with Crippen LogP contribution in [0.2, 0.25) is 0 Å². The Balaban J connectivity index is 1.97. The van der Waals surface area contributed by atoms with Crippen LogP contribution in [0, 0.1) is 0 Å². The van der Waals surface area contributed by atoms with Crippen LogP contribution < -0.4 is 5.32 Å². The van der Waals surface area contributed by atoms with Crippen molar-refractivity contribution in [2.24, 2.45) is 0 Å². The van der Waals surface area contributed by atoms with Crippen LogP contribution >= 0.6 is 11.8 Å². The first kappa shape index (κ1) is 9.91. The van der Waals surface area contributed by atoms with E-state index in [9.17, 15) is 0 Å². The summed E-state index contributed by atoms with van der Waals surface area (Å²) in [6, 6.07) is 9.47. The molecule has 2 rings (SSSR count). The summed E-state index contributed by atoms with van der Waals surface area (Å²) in [5, 5.41) is 3.56. The SMILES string of the molecule is CCSc1cccc(NC2CCC2)c1. The molecule has 0 bridgehead atoms. The van der Waals surface area contributed by atoms with E-state index in [1.165, 1.54) is 29.8 Å². The molecule has 0 radical (unpaired) electrons. The molecule has 0 aliphatic heterocycles. The molecule has 1 saturated carbocycles. The van der Waals surface area contributed by atoms with Gasteiger partial charge in [0.25, 0.3) is 0 Å². The zero-order chi connectivity index (χ0) is 9.80. The van der Waals surface area contributed by atoms with Crippen LogP contribution in [0.25, 0.3) is 0 Å². The minimum Gasteiger partial charge on any atom is -0.382 e. The molecule has 0 heterocycles. The molecule has 2 heteroatoms. The summed E-state index contributed by atoms with van der Waals surface area (Å²) in [4.78, 5) is 1.37. The summed E-state index contributed by atoms with van der Waals surface area (Å²) in [6.07, 6.45) is 4.07. The molecule has 1 N–H and O–H groups in total. The molecule has 1 aromatic rings. The normalized spacial score (nSPS) is 16.4. The third-order valence-electron chi connectivity index (χ3n) is 2.62. The van der Waals surface area contributed by atoms with Crippen LogP contribution in [0.3, 0.4) is 0 Å². The Morgan fingerprint density at radius 2 is 2.29 bits per heavy atom. The van der Waals surface area contributed by atoms with E-state index < -0.39 is 0 Å². The topological polar surface area (TPSA) is 12.0 Å². The third kappa shape index (κ3) is 2.44. The van der Waals surface area contributed by atoms with Gasteiger partial charge in [-0.25, -0.2) is 0 Å². The Bertz CT molecular complexity index is 294. The predicted octanol–water partition coefficient (Wildman–Crippen LogP) is 3.76. The van der Waals surface area contributed by atoms with E-state index in [2.05, 4.69) is 36.5 Å². The maximum atomic E-state index is 3.56. The zero-order valence-corrected chi connectivity index (χ0v) is 9.44. The van der Waals surface area contributed by atoms with E-state index in [0.717, 1.165) is 11.8 Å². The van der Waals surface area contributed by atoms with Gasteiger partial charge in [-0.05, 0) is 43.2 Å². The average molecular weight is 207 g/mol. The molecule has 0 saturated heterocycles. The van der Waals surface area contributed by atoms with Crippen LogP contribution in [0.1, 0.15) is 26.2 Å². The van der Waals surface area contributed by atoms with Crippen molar-refractivity contribution in [1.29, 1.82) is 0 Å². The fourth-order valence-corrected chi connectivity index (χ4v) is 2.35. The lowest BCUT2D eigenvalue weighted by Crippen LogP contribution is -2.26. The van der Waals surface area contributed by atoms with Gasteiger partial charge in [0.05, 0.1) is 0 Å². The van der Waals surface area contributed by atoms with Gasteiger partial charge in [-0.3, -0.25) is 0 Å². The van der Waals surface area contributed by atoms with Gasteiger partial charge in [0.15, 0.2) is 0 Å². The van der Waals surface area contributed by atoms with Gasteiger partial charge in [-0.1, -0.05) is 13.0 Å². The van der Waals surface area contributed by atoms with Crippen LogP contribution in [-0.4, -0.2) is 11.8 Å². The largest absolute Gasteiger partial charge is 0.382 e. The Morgan fingerprint density at radius 3 is 2.93 bits per heavy atom. The van der Waals surface area contributed by atoms with Crippen molar-refractivity contribution in [3.05, 3.63) is 24.3 Å². The second-order valence-corrected chi connectivity index (χ2v) is 5.07. The summed E-state index contributed by atoms with van der Waals surface area (Å²) in [5.74, 6) is 1.15. The molecule has 0 amide bonds. The minimum absolute atomic E-state index is 0.733. The van der Waals surface area contributed by atoms with Crippen LogP contribution in [0.15, 0.2) is 29.2 Å². The Labute approximate surface area is 90.3 Å². The number of hydrogen-bond acceptors (Lipinski definition) is 2. The zero-order valence-electron chi connectivity index (χ0n) is 8.62. The highest BCUT2D eigenvalue weighted by Crippen LogP contribution is 2.26. The van der Waals surface area contributed by atoms with Crippen molar-refractivity contribution in [3.63, 3.8) is 0 Å². The van der Waals surface area contributed by atoms with E-state index in [1.807, 2.05) is 11.8 Å². The molecule has 1 aliphatic carbocycles. The first-order valence-corrected chi connectivity index (χ1v) is 6.36. The second-order valence-electron chi connectivity index (χ2n) is 3.73. The molecular weight excluding hydrogens is 190 g/mol. The van der Waals surface area contributed by atoms with Crippen LogP contribution in [-0.2, 0) is 0 Å². The summed E-state index contributed by atoms with van der Waals surface area (Å²) < 4.78 is 0. The van der Waals surface area contributed by atoms with E-state index in [0.29, 0.717) is 0 Å². The van der Waals surface area contributed by atoms with Gasteiger partial charge in [0, 0.05) is 16.6 Å². The smallest absolute Gasteiger partial charge is 0.0353 e. The number of hydrogen-bond donors (Lipinski definition) is 1. The summed E-state index contributed by atoms with van der Waals surface area (Å²) >= 11 is 1.90. The molecule has 0 atom stereocenters. The quantitative estimate of drug-likeness (QED) is 0.754. The maximum absolute atomic E-state index is 3.56. The standard InChI is InChI=1S/C12H17NS/c1-2-14-12-8-4-7-11(9-12)13-10-5-3-6-10/h4,7-10,13H,2-3,5-6H2,1H3. The van der Waals surface area contributed by atoms with Crippen LogP contribution in [0.4, 0.5) is 5.69 Å². The van der Waals surface area contributed by atoms with Crippen molar-refractivity contribution in [2.45, 2.75) is 37.1 Å². The average Bonchev–Trinajstić information content (AvgIpc) is 2.13. The first-order valence-electron chi connectivity index (χ1n) is 5.38. The number of thioether (sulfide) groups is 1. The number of nitrogens with one attached hydrogen (secondary N) is 1. The Hall–Kier alpha value is -0.630. The number of benzene rings is 1. The highest BCUT2D eigenvalue weighted by atomic mass is 32.2. The maximum Gasteiger partial charge on any atom is 0.0353 e. The summed E-state index contributed by atoms with van der Waals surface area (Å²) in [6.45, 7) is 2.19. The minimum atomic E-state index is 0.733. The fourth-order valence-electron chi connectivity index (χ4n) is 1.63. The van der Waals surface area contributed by atoms with Gasteiger partial charge in [0.2, 0.25) is 0 Å². The predicted molar refractivity (Wildman–Crippen MR) is 64.1 cm³/mol. The molecule has 0 unspecified atom stereocenters. The molecule has 0 aromatic heterocycles. The number of rotatable bonds is 4. The first-order chi connectivity index (χ1) is 6.88. The molecule has 1 aliphatic rings. The van der Waals surface area contributed by atoms with Gasteiger partial charge in [-0.2, -0.15) is 0 Å². The van der Waals surface area contributed by atoms with E-state index in [1.54, 1.807) is 0 Å². The Kier molecular flexibility index (Phi) is 3.35. The van der Waals surface area contributed by atoms with Crippen molar-refractivity contribution in [1.82, 2.24) is 0 Å². The van der Waals surface area contributed by atoms with Gasteiger partial charge >= 0.3 is 0 Å². The van der Waals surface area contributed by atoms with Gasteiger partial charge in [-0.15, -0.1) is 11.8 Å². The molecule has 0 spiro atoms. The van der Waals surface area contributed by atoms with E-state index in [-0.39, 0.29) is 0 Å². The third-order valence-corrected chi connectivity index (χ3v) is 3.50. The molecule has 76 valence electrons. The Morgan fingerprint density at radius 1 is 1.43 bits per heavy atom. The molecule has 1 nitrogen and oxygen atoms in total. The molecule has 1 aromatic carbocycles. The van der Waals surface area contributed by atoms with Crippen molar-refractivity contribution >= 4 is 17.4 Å². The van der Waals surface area contributed by atoms with Crippen molar-refractivity contribution in [3.8, 4) is 0 Å². The number of anilines is 1. The van der Waals surface area contributed by atoms with E-state index >= 15 is 0 Å². The summed E-state index contributed by atoms with van der Waals surface area (Å²) in [5.41, 5.74) is 1.29. The molecular formula is C12H17NS. The van der Waals surface area contributed by atoms with Gasteiger partial charge in [0.1, 0.15) is 0 Å². The summed E-state index contributed by atoms with van der Waals surface area (Å²) in [7, 11) is 0. The van der Waals surface area contributed by atoms with Crippen LogP contribution in [0.5, 0.6) is 0 Å². The lowest BCUT2D eigenvalue weighted by Gasteiger charge is -2.27. The monoisotopic (exact) mass is 207 g/mol. The fraction of sp³-hybridized carbons (Fsp3) is 0.500. The lowest BCUT2D eigenvalue weighted by molar-refractivity contribution is 0.445. The van der Waals surface area contributed by atoms with Gasteiger partial charge < -0.3 is 5.32 Å².